The summed E-state index contributed by atoms with van der Waals surface area (Å²) in [6.45, 7) is 6.87. The number of nitrogens with two attached hydrogens (primary N) is 1. The zero-order chi connectivity index (χ0) is 14.8. The van der Waals surface area contributed by atoms with Crippen LogP contribution in [0.2, 0.25) is 0 Å². The number of amidine groups is 1. The molecule has 0 saturated carbocycles. The Morgan fingerprint density at radius 2 is 2.15 bits per heavy atom. The van der Waals surface area contributed by atoms with Gasteiger partial charge in [-0.2, -0.15) is 0 Å². The molecular formula is C16H25N3O. The molecule has 1 unspecified atom stereocenters. The first-order chi connectivity index (χ1) is 9.37. The van der Waals surface area contributed by atoms with E-state index in [-0.39, 0.29) is 5.84 Å². The molecule has 0 aromatic heterocycles. The number of aliphatic hydroxyl groups is 1. The van der Waals surface area contributed by atoms with Crippen LogP contribution in [0.25, 0.3) is 0 Å². The molecule has 1 aliphatic rings. The first kappa shape index (κ1) is 15.0. The van der Waals surface area contributed by atoms with E-state index in [1.54, 1.807) is 0 Å². The molecule has 4 N–H and O–H groups in total. The minimum absolute atomic E-state index is 0.116. The fraction of sp³-hybridized carbons (Fsp3) is 0.562. The standard InChI is InChI=1S/C16H25N3O/c1-12-10-13(15(17)18)4-5-14(12)11-19-8-3-6-16(2,20)7-9-19/h4-5,10,20H,3,6-9,11H2,1-2H3,(H3,17,18). The van der Waals surface area contributed by atoms with Crippen LogP contribution in [-0.2, 0) is 6.54 Å². The molecule has 2 rings (SSSR count). The van der Waals surface area contributed by atoms with E-state index in [9.17, 15) is 5.11 Å². The summed E-state index contributed by atoms with van der Waals surface area (Å²) in [5.74, 6) is 0.116. The first-order valence-corrected chi connectivity index (χ1v) is 7.26. The maximum atomic E-state index is 10.1. The molecule has 1 aromatic carbocycles. The normalized spacial score (nSPS) is 24.4. The highest BCUT2D eigenvalue weighted by Crippen LogP contribution is 2.23. The van der Waals surface area contributed by atoms with Crippen molar-refractivity contribution in [3.8, 4) is 0 Å². The zero-order valence-electron chi connectivity index (χ0n) is 12.4. The van der Waals surface area contributed by atoms with Crippen LogP contribution in [0.1, 0.15) is 42.9 Å². The van der Waals surface area contributed by atoms with Crippen molar-refractivity contribution in [1.29, 1.82) is 5.41 Å². The monoisotopic (exact) mass is 275 g/mol. The topological polar surface area (TPSA) is 73.3 Å². The Balaban J connectivity index is 2.05. The number of hydrogen-bond acceptors (Lipinski definition) is 3. The Bertz CT molecular complexity index is 496. The highest BCUT2D eigenvalue weighted by Gasteiger charge is 2.24. The van der Waals surface area contributed by atoms with Crippen molar-refractivity contribution in [3.05, 3.63) is 34.9 Å². The third-order valence-corrected chi connectivity index (χ3v) is 4.20. The zero-order valence-corrected chi connectivity index (χ0v) is 12.4. The largest absolute Gasteiger partial charge is 0.390 e. The minimum Gasteiger partial charge on any atom is -0.390 e. The number of hydrogen-bond donors (Lipinski definition) is 3. The fourth-order valence-electron chi connectivity index (χ4n) is 2.76. The second-order valence-electron chi connectivity index (χ2n) is 6.18. The van der Waals surface area contributed by atoms with Gasteiger partial charge >= 0.3 is 0 Å². The smallest absolute Gasteiger partial charge is 0.122 e. The first-order valence-electron chi connectivity index (χ1n) is 7.26. The molecule has 20 heavy (non-hydrogen) atoms. The van der Waals surface area contributed by atoms with E-state index >= 15 is 0 Å². The van der Waals surface area contributed by atoms with Gasteiger partial charge in [0.25, 0.3) is 0 Å². The Hall–Kier alpha value is -1.39. The van der Waals surface area contributed by atoms with Crippen molar-refractivity contribution in [2.24, 2.45) is 5.73 Å². The number of nitrogens with one attached hydrogen (secondary N) is 1. The van der Waals surface area contributed by atoms with Crippen molar-refractivity contribution in [3.63, 3.8) is 0 Å². The Morgan fingerprint density at radius 3 is 2.80 bits per heavy atom. The van der Waals surface area contributed by atoms with Crippen molar-refractivity contribution >= 4 is 5.84 Å². The maximum absolute atomic E-state index is 10.1. The quantitative estimate of drug-likeness (QED) is 0.583. The summed E-state index contributed by atoms with van der Waals surface area (Å²) in [7, 11) is 0. The van der Waals surface area contributed by atoms with Gasteiger partial charge in [0.2, 0.25) is 0 Å². The van der Waals surface area contributed by atoms with Crippen LogP contribution in [0.3, 0.4) is 0 Å². The van der Waals surface area contributed by atoms with Crippen LogP contribution in [-0.4, -0.2) is 34.5 Å². The van der Waals surface area contributed by atoms with Crippen LogP contribution >= 0.6 is 0 Å². The van der Waals surface area contributed by atoms with E-state index in [0.717, 1.165) is 44.5 Å². The average molecular weight is 275 g/mol. The SMILES string of the molecule is Cc1cc(C(=N)N)ccc1CN1CCCC(C)(O)CC1. The summed E-state index contributed by atoms with van der Waals surface area (Å²) in [6.07, 6.45) is 2.75. The van der Waals surface area contributed by atoms with E-state index in [2.05, 4.69) is 17.9 Å². The minimum atomic E-state index is -0.512. The van der Waals surface area contributed by atoms with E-state index < -0.39 is 5.60 Å². The molecule has 1 heterocycles. The molecule has 0 radical (unpaired) electrons. The van der Waals surface area contributed by atoms with Gasteiger partial charge in [-0.25, -0.2) is 0 Å². The van der Waals surface area contributed by atoms with Crippen molar-refractivity contribution in [2.45, 2.75) is 45.3 Å². The van der Waals surface area contributed by atoms with Gasteiger partial charge in [0.15, 0.2) is 0 Å². The summed E-state index contributed by atoms with van der Waals surface area (Å²) >= 11 is 0. The number of likely N-dealkylation sites (tertiary alicyclic amines) is 1. The molecule has 1 fully saturated rings. The van der Waals surface area contributed by atoms with E-state index in [1.165, 1.54) is 11.1 Å². The summed E-state index contributed by atoms with van der Waals surface area (Å²) in [4.78, 5) is 2.40. The predicted molar refractivity (Wildman–Crippen MR) is 81.9 cm³/mol. The van der Waals surface area contributed by atoms with E-state index in [0.29, 0.717) is 0 Å². The van der Waals surface area contributed by atoms with Crippen LogP contribution in [0.15, 0.2) is 18.2 Å². The van der Waals surface area contributed by atoms with Crippen molar-refractivity contribution in [2.75, 3.05) is 13.1 Å². The molecule has 1 aromatic rings. The van der Waals surface area contributed by atoms with Gasteiger partial charge in [-0.3, -0.25) is 10.3 Å². The van der Waals surface area contributed by atoms with Gasteiger partial charge < -0.3 is 10.8 Å². The molecule has 0 amide bonds. The van der Waals surface area contributed by atoms with Gasteiger partial charge in [-0.05, 0) is 56.8 Å². The number of aryl methyl sites for hydroxylation is 1. The number of benzene rings is 1. The van der Waals surface area contributed by atoms with Crippen LogP contribution in [0.5, 0.6) is 0 Å². The molecule has 0 bridgehead atoms. The molecule has 1 aliphatic heterocycles. The molecule has 1 saturated heterocycles. The summed E-state index contributed by atoms with van der Waals surface area (Å²) in [6, 6.07) is 5.96. The van der Waals surface area contributed by atoms with Gasteiger partial charge in [0, 0.05) is 18.7 Å². The third-order valence-electron chi connectivity index (χ3n) is 4.20. The molecule has 4 heteroatoms. The predicted octanol–water partition coefficient (Wildman–Crippen LogP) is 2.02. The van der Waals surface area contributed by atoms with Gasteiger partial charge in [0.05, 0.1) is 5.60 Å². The van der Waals surface area contributed by atoms with Crippen molar-refractivity contribution < 1.29 is 5.11 Å². The van der Waals surface area contributed by atoms with Crippen LogP contribution in [0.4, 0.5) is 0 Å². The van der Waals surface area contributed by atoms with Gasteiger partial charge in [-0.1, -0.05) is 12.1 Å². The molecule has 1 atom stereocenters. The average Bonchev–Trinajstić information content (AvgIpc) is 2.53. The Kier molecular flexibility index (Phi) is 4.45. The maximum Gasteiger partial charge on any atom is 0.122 e. The van der Waals surface area contributed by atoms with Gasteiger partial charge in [0.1, 0.15) is 5.84 Å². The van der Waals surface area contributed by atoms with E-state index in [1.807, 2.05) is 19.1 Å². The lowest BCUT2D eigenvalue weighted by atomic mass is 9.98. The molecule has 110 valence electrons. The third kappa shape index (κ3) is 3.81. The molecule has 0 aliphatic carbocycles. The lowest BCUT2D eigenvalue weighted by Crippen LogP contribution is -2.28. The number of nitrogens with zero attached hydrogens (tertiary/aromatic N) is 1. The highest BCUT2D eigenvalue weighted by atomic mass is 16.3. The second-order valence-corrected chi connectivity index (χ2v) is 6.18. The summed E-state index contributed by atoms with van der Waals surface area (Å²) in [5, 5.41) is 17.6. The highest BCUT2D eigenvalue weighted by molar-refractivity contribution is 5.95. The lowest BCUT2D eigenvalue weighted by molar-refractivity contribution is 0.0444. The summed E-state index contributed by atoms with van der Waals surface area (Å²) in [5.41, 5.74) is 8.23. The molecule has 0 spiro atoms. The Morgan fingerprint density at radius 1 is 1.40 bits per heavy atom. The van der Waals surface area contributed by atoms with Crippen molar-refractivity contribution in [1.82, 2.24) is 4.90 Å². The number of nitrogen functional groups attached to an aromatic ring is 1. The summed E-state index contributed by atoms with van der Waals surface area (Å²) < 4.78 is 0. The van der Waals surface area contributed by atoms with Crippen LogP contribution < -0.4 is 5.73 Å². The fourth-order valence-corrected chi connectivity index (χ4v) is 2.76. The van der Waals surface area contributed by atoms with Crippen LogP contribution in [0, 0.1) is 12.3 Å². The van der Waals surface area contributed by atoms with Gasteiger partial charge in [-0.15, -0.1) is 0 Å². The lowest BCUT2D eigenvalue weighted by Gasteiger charge is -2.23. The molecule has 4 nitrogen and oxygen atoms in total. The Labute approximate surface area is 121 Å². The number of rotatable bonds is 3. The molecular weight excluding hydrogens is 250 g/mol. The van der Waals surface area contributed by atoms with E-state index in [4.69, 9.17) is 11.1 Å². The second kappa shape index (κ2) is 5.94.